The molecule has 0 saturated heterocycles. The first kappa shape index (κ1) is 12.8. The monoisotopic (exact) mass is 272 g/mol. The van der Waals surface area contributed by atoms with Crippen molar-refractivity contribution in [3.8, 4) is 5.75 Å². The quantitative estimate of drug-likeness (QED) is 0.613. The molecule has 0 atom stereocenters. The first-order chi connectivity index (χ1) is 8.40. The van der Waals surface area contributed by atoms with Crippen molar-refractivity contribution >= 4 is 15.7 Å². The molecule has 0 aliphatic heterocycles. The molecule has 0 bridgehead atoms. The van der Waals surface area contributed by atoms with Gasteiger partial charge in [-0.15, -0.1) is 0 Å². The van der Waals surface area contributed by atoms with Crippen LogP contribution < -0.4 is 4.72 Å². The minimum atomic E-state index is -3.75. The maximum Gasteiger partial charge on any atom is 0.312 e. The van der Waals surface area contributed by atoms with Gasteiger partial charge in [-0.2, -0.15) is 0 Å². The summed E-state index contributed by atoms with van der Waals surface area (Å²) in [5.74, 6) is -0.187. The van der Waals surface area contributed by atoms with Gasteiger partial charge in [0.2, 0.25) is 10.0 Å². The standard InChI is InChI=1S/C10H12N2O5S/c13-10-4-3-8(5-9(10)12(14)15)18(16,17)11-6-7-1-2-7/h3-5,7,11,13H,1-2,6H2. The lowest BCUT2D eigenvalue weighted by Gasteiger charge is -2.06. The second-order valence-electron chi connectivity index (χ2n) is 4.20. The van der Waals surface area contributed by atoms with Crippen molar-refractivity contribution in [3.05, 3.63) is 28.3 Å². The highest BCUT2D eigenvalue weighted by atomic mass is 32.2. The van der Waals surface area contributed by atoms with Gasteiger partial charge in [0.05, 0.1) is 9.82 Å². The van der Waals surface area contributed by atoms with Crippen molar-refractivity contribution in [1.29, 1.82) is 0 Å². The summed E-state index contributed by atoms with van der Waals surface area (Å²) in [7, 11) is -3.75. The molecule has 1 fully saturated rings. The van der Waals surface area contributed by atoms with Crippen LogP contribution in [0, 0.1) is 16.0 Å². The zero-order valence-corrected chi connectivity index (χ0v) is 10.2. The third-order valence-electron chi connectivity index (χ3n) is 2.71. The Morgan fingerprint density at radius 2 is 2.11 bits per heavy atom. The van der Waals surface area contributed by atoms with Crippen LogP contribution in [-0.2, 0) is 10.0 Å². The van der Waals surface area contributed by atoms with E-state index < -0.39 is 26.4 Å². The highest BCUT2D eigenvalue weighted by molar-refractivity contribution is 7.89. The van der Waals surface area contributed by atoms with E-state index in [9.17, 15) is 23.6 Å². The second kappa shape index (κ2) is 4.54. The summed E-state index contributed by atoms with van der Waals surface area (Å²) in [6, 6.07) is 2.99. The van der Waals surface area contributed by atoms with Gasteiger partial charge in [-0.05, 0) is 30.9 Å². The van der Waals surface area contributed by atoms with Gasteiger partial charge in [0, 0.05) is 12.6 Å². The molecule has 2 rings (SSSR count). The number of hydrogen-bond donors (Lipinski definition) is 2. The van der Waals surface area contributed by atoms with Gasteiger partial charge >= 0.3 is 5.69 Å². The average Bonchev–Trinajstić information content (AvgIpc) is 3.10. The van der Waals surface area contributed by atoms with Gasteiger partial charge in [0.1, 0.15) is 0 Å². The van der Waals surface area contributed by atoms with Gasteiger partial charge < -0.3 is 5.11 Å². The Kier molecular flexibility index (Phi) is 3.22. The van der Waals surface area contributed by atoms with Crippen LogP contribution >= 0.6 is 0 Å². The average molecular weight is 272 g/mol. The summed E-state index contributed by atoms with van der Waals surface area (Å²) < 4.78 is 26.1. The topological polar surface area (TPSA) is 110 Å². The number of nitro benzene ring substituents is 1. The van der Waals surface area contributed by atoms with E-state index in [1.165, 1.54) is 0 Å². The van der Waals surface area contributed by atoms with Crippen molar-refractivity contribution in [1.82, 2.24) is 4.72 Å². The normalized spacial score (nSPS) is 15.6. The zero-order chi connectivity index (χ0) is 13.3. The van der Waals surface area contributed by atoms with Crippen LogP contribution in [0.3, 0.4) is 0 Å². The number of benzene rings is 1. The largest absolute Gasteiger partial charge is 0.502 e. The predicted molar refractivity (Wildman–Crippen MR) is 62.7 cm³/mol. The SMILES string of the molecule is O=[N+]([O-])c1cc(S(=O)(=O)NCC2CC2)ccc1O. The predicted octanol–water partition coefficient (Wildman–Crippen LogP) is 0.989. The molecule has 0 radical (unpaired) electrons. The fourth-order valence-corrected chi connectivity index (χ4v) is 2.59. The minimum absolute atomic E-state index is 0.215. The summed E-state index contributed by atoms with van der Waals surface area (Å²) >= 11 is 0. The van der Waals surface area contributed by atoms with Crippen LogP contribution in [0.25, 0.3) is 0 Å². The smallest absolute Gasteiger partial charge is 0.312 e. The number of nitrogens with zero attached hydrogens (tertiary/aromatic N) is 1. The third-order valence-corrected chi connectivity index (χ3v) is 4.13. The molecule has 1 saturated carbocycles. The fourth-order valence-electron chi connectivity index (χ4n) is 1.45. The van der Waals surface area contributed by atoms with E-state index >= 15 is 0 Å². The first-order valence-electron chi connectivity index (χ1n) is 5.37. The Balaban J connectivity index is 2.25. The van der Waals surface area contributed by atoms with Crippen molar-refractivity contribution in [2.24, 2.45) is 5.92 Å². The third kappa shape index (κ3) is 2.77. The molecule has 1 aliphatic carbocycles. The maximum atomic E-state index is 11.8. The van der Waals surface area contributed by atoms with Crippen LogP contribution in [0.5, 0.6) is 5.75 Å². The van der Waals surface area contributed by atoms with Gasteiger partial charge in [-0.25, -0.2) is 13.1 Å². The molecule has 8 heteroatoms. The molecule has 2 N–H and O–H groups in total. The van der Waals surface area contributed by atoms with E-state index in [-0.39, 0.29) is 4.90 Å². The number of nitrogens with one attached hydrogen (secondary N) is 1. The van der Waals surface area contributed by atoms with Gasteiger partial charge in [0.25, 0.3) is 0 Å². The Morgan fingerprint density at radius 3 is 2.67 bits per heavy atom. The number of rotatable bonds is 5. The lowest BCUT2D eigenvalue weighted by molar-refractivity contribution is -0.386. The molecular weight excluding hydrogens is 260 g/mol. The van der Waals surface area contributed by atoms with Crippen LogP contribution in [-0.4, -0.2) is 25.0 Å². The Morgan fingerprint density at radius 1 is 1.44 bits per heavy atom. The molecule has 1 aliphatic rings. The van der Waals surface area contributed by atoms with Crippen molar-refractivity contribution < 1.29 is 18.4 Å². The number of nitro groups is 1. The van der Waals surface area contributed by atoms with Crippen molar-refractivity contribution in [2.45, 2.75) is 17.7 Å². The van der Waals surface area contributed by atoms with E-state index in [2.05, 4.69) is 4.72 Å². The minimum Gasteiger partial charge on any atom is -0.502 e. The highest BCUT2D eigenvalue weighted by Gasteiger charge is 2.25. The van der Waals surface area contributed by atoms with E-state index in [4.69, 9.17) is 0 Å². The van der Waals surface area contributed by atoms with Gasteiger partial charge in [-0.3, -0.25) is 10.1 Å². The second-order valence-corrected chi connectivity index (χ2v) is 5.97. The van der Waals surface area contributed by atoms with Crippen molar-refractivity contribution in [2.75, 3.05) is 6.54 Å². The fraction of sp³-hybridized carbons (Fsp3) is 0.400. The van der Waals surface area contributed by atoms with E-state index in [0.717, 1.165) is 31.0 Å². The summed E-state index contributed by atoms with van der Waals surface area (Å²) in [5.41, 5.74) is -0.621. The summed E-state index contributed by atoms with van der Waals surface area (Å²) in [6.07, 6.45) is 2.00. The Labute approximate surface area is 104 Å². The summed E-state index contributed by atoms with van der Waals surface area (Å²) in [4.78, 5) is 9.57. The van der Waals surface area contributed by atoms with Gasteiger partial charge in [0.15, 0.2) is 5.75 Å². The van der Waals surface area contributed by atoms with Crippen LogP contribution in [0.4, 0.5) is 5.69 Å². The molecule has 0 heterocycles. The van der Waals surface area contributed by atoms with E-state index in [0.29, 0.717) is 12.5 Å². The summed E-state index contributed by atoms with van der Waals surface area (Å²) in [5, 5.41) is 19.8. The number of hydrogen-bond acceptors (Lipinski definition) is 5. The highest BCUT2D eigenvalue weighted by Crippen LogP contribution is 2.30. The Hall–Kier alpha value is -1.67. The molecular formula is C10H12N2O5S. The van der Waals surface area contributed by atoms with Crippen LogP contribution in [0.2, 0.25) is 0 Å². The number of aromatic hydroxyl groups is 1. The molecule has 1 aromatic carbocycles. The molecule has 0 spiro atoms. The molecule has 0 unspecified atom stereocenters. The molecule has 7 nitrogen and oxygen atoms in total. The van der Waals surface area contributed by atoms with E-state index in [1.807, 2.05) is 0 Å². The zero-order valence-electron chi connectivity index (χ0n) is 9.37. The maximum absolute atomic E-state index is 11.8. The van der Waals surface area contributed by atoms with Crippen molar-refractivity contribution in [3.63, 3.8) is 0 Å². The lowest BCUT2D eigenvalue weighted by Crippen LogP contribution is -2.25. The van der Waals surface area contributed by atoms with Crippen LogP contribution in [0.1, 0.15) is 12.8 Å². The first-order valence-corrected chi connectivity index (χ1v) is 6.85. The van der Waals surface area contributed by atoms with Gasteiger partial charge in [-0.1, -0.05) is 0 Å². The summed E-state index contributed by atoms with van der Waals surface area (Å²) in [6.45, 7) is 0.344. The van der Waals surface area contributed by atoms with Crippen LogP contribution in [0.15, 0.2) is 23.1 Å². The Bertz CT molecular complexity index is 580. The molecule has 0 aromatic heterocycles. The molecule has 0 amide bonds. The lowest BCUT2D eigenvalue weighted by atomic mass is 10.3. The van der Waals surface area contributed by atoms with E-state index in [1.54, 1.807) is 0 Å². The molecule has 18 heavy (non-hydrogen) atoms. The molecule has 98 valence electrons. The number of sulfonamides is 1. The number of phenols is 1. The number of phenolic OH excluding ortho intramolecular Hbond substituents is 1. The molecule has 1 aromatic rings.